The summed E-state index contributed by atoms with van der Waals surface area (Å²) in [5, 5.41) is 10.6. The Morgan fingerprint density at radius 3 is 2.45 bits per heavy atom. The van der Waals surface area contributed by atoms with Crippen molar-refractivity contribution in [3.05, 3.63) is 41.6 Å². The number of hydrogen-bond acceptors (Lipinski definition) is 8. The molecule has 1 aromatic carbocycles. The average Bonchev–Trinajstić information content (AvgIpc) is 3.08. The number of carbonyl (C=O) groups excluding carboxylic acids is 2. The van der Waals surface area contributed by atoms with Gasteiger partial charge in [0.15, 0.2) is 0 Å². The molecule has 0 aliphatic heterocycles. The first-order valence-electron chi connectivity index (χ1n) is 9.30. The second kappa shape index (κ2) is 9.90. The van der Waals surface area contributed by atoms with Gasteiger partial charge in [-0.05, 0) is 45.4 Å². The van der Waals surface area contributed by atoms with E-state index in [0.29, 0.717) is 6.42 Å². The molecule has 1 atom stereocenters. The van der Waals surface area contributed by atoms with Gasteiger partial charge in [-0.15, -0.1) is 10.2 Å². The van der Waals surface area contributed by atoms with Crippen LogP contribution in [0.1, 0.15) is 51.1 Å². The zero-order valence-electron chi connectivity index (χ0n) is 17.4. The van der Waals surface area contributed by atoms with Gasteiger partial charge in [-0.3, -0.25) is 4.79 Å². The first-order valence-corrected chi connectivity index (χ1v) is 9.30. The van der Waals surface area contributed by atoms with Gasteiger partial charge in [0.1, 0.15) is 23.8 Å². The molecule has 9 nitrogen and oxygen atoms in total. The van der Waals surface area contributed by atoms with E-state index in [-0.39, 0.29) is 24.8 Å². The van der Waals surface area contributed by atoms with E-state index >= 15 is 0 Å². The molecule has 0 fully saturated rings. The van der Waals surface area contributed by atoms with Gasteiger partial charge in [-0.25, -0.2) is 4.79 Å². The number of esters is 1. The molecule has 29 heavy (non-hydrogen) atoms. The van der Waals surface area contributed by atoms with Crippen LogP contribution < -0.4 is 10.1 Å². The molecule has 0 aliphatic carbocycles. The van der Waals surface area contributed by atoms with E-state index in [9.17, 15) is 9.59 Å². The van der Waals surface area contributed by atoms with Crippen LogP contribution in [-0.4, -0.2) is 41.6 Å². The Hall–Kier alpha value is -3.10. The third-order valence-corrected chi connectivity index (χ3v) is 3.67. The van der Waals surface area contributed by atoms with E-state index in [4.69, 9.17) is 18.6 Å². The van der Waals surface area contributed by atoms with E-state index < -0.39 is 23.7 Å². The number of methoxy groups -OCH3 is 1. The molecule has 0 bridgehead atoms. The van der Waals surface area contributed by atoms with E-state index in [0.717, 1.165) is 11.3 Å². The van der Waals surface area contributed by atoms with Gasteiger partial charge in [-0.1, -0.05) is 12.1 Å². The van der Waals surface area contributed by atoms with Gasteiger partial charge < -0.3 is 23.9 Å². The molecule has 1 aromatic heterocycles. The summed E-state index contributed by atoms with van der Waals surface area (Å²) in [6.45, 7) is 7.30. The Morgan fingerprint density at radius 2 is 1.86 bits per heavy atom. The maximum Gasteiger partial charge on any atom is 0.408 e. The highest BCUT2D eigenvalue weighted by Crippen LogP contribution is 2.21. The second-order valence-electron chi connectivity index (χ2n) is 7.27. The minimum atomic E-state index is -0.654. The lowest BCUT2D eigenvalue weighted by atomic mass is 10.1. The number of aromatic nitrogens is 2. The smallest absolute Gasteiger partial charge is 0.408 e. The van der Waals surface area contributed by atoms with Crippen molar-refractivity contribution in [1.82, 2.24) is 15.5 Å². The zero-order valence-corrected chi connectivity index (χ0v) is 17.4. The number of hydrogen-bond donors (Lipinski definition) is 1. The molecule has 0 spiro atoms. The van der Waals surface area contributed by atoms with Crippen molar-refractivity contribution in [2.75, 3.05) is 13.7 Å². The highest BCUT2D eigenvalue weighted by atomic mass is 16.6. The standard InChI is InChI=1S/C20H27N3O6/c1-6-27-17(24)12-16-22-23-18(28-16)15(21-19(25)29-20(2,3)4)11-13-7-9-14(26-5)10-8-13/h7-10,15H,6,11-12H2,1-5H3,(H,21,25)/t15-/m0/s1. The van der Waals surface area contributed by atoms with Crippen molar-refractivity contribution in [2.45, 2.75) is 52.2 Å². The molecule has 1 N–H and O–H groups in total. The summed E-state index contributed by atoms with van der Waals surface area (Å²) < 4.78 is 21.0. The van der Waals surface area contributed by atoms with Crippen LogP contribution in [0.15, 0.2) is 28.7 Å². The topological polar surface area (TPSA) is 113 Å². The van der Waals surface area contributed by atoms with Crippen LogP contribution in [0, 0.1) is 0 Å². The first kappa shape index (κ1) is 22.2. The van der Waals surface area contributed by atoms with Gasteiger partial charge >= 0.3 is 12.1 Å². The van der Waals surface area contributed by atoms with Gasteiger partial charge in [0.2, 0.25) is 11.8 Å². The SMILES string of the molecule is CCOC(=O)Cc1nnc([C@H](Cc2ccc(OC)cc2)NC(=O)OC(C)(C)C)o1. The van der Waals surface area contributed by atoms with Gasteiger partial charge in [-0.2, -0.15) is 0 Å². The molecule has 2 rings (SSSR count). The maximum absolute atomic E-state index is 12.3. The molecule has 2 aromatic rings. The van der Waals surface area contributed by atoms with Crippen LogP contribution in [0.4, 0.5) is 4.79 Å². The first-order chi connectivity index (χ1) is 13.7. The Balaban J connectivity index is 2.18. The van der Waals surface area contributed by atoms with E-state index in [1.165, 1.54) is 0 Å². The molecule has 0 unspecified atom stereocenters. The predicted octanol–water partition coefficient (Wildman–Crippen LogP) is 2.99. The molecule has 1 heterocycles. The lowest BCUT2D eigenvalue weighted by Crippen LogP contribution is -2.36. The van der Waals surface area contributed by atoms with Crippen molar-refractivity contribution < 1.29 is 28.2 Å². The predicted molar refractivity (Wildman–Crippen MR) is 103 cm³/mol. The van der Waals surface area contributed by atoms with E-state index in [1.807, 2.05) is 24.3 Å². The summed E-state index contributed by atoms with van der Waals surface area (Å²) in [5.41, 5.74) is 0.260. The van der Waals surface area contributed by atoms with Crippen LogP contribution in [0.25, 0.3) is 0 Å². The van der Waals surface area contributed by atoms with Gasteiger partial charge in [0.05, 0.1) is 13.7 Å². The third-order valence-electron chi connectivity index (χ3n) is 3.67. The van der Waals surface area contributed by atoms with Crippen molar-refractivity contribution in [3.8, 4) is 5.75 Å². The number of ether oxygens (including phenoxy) is 3. The molecule has 0 saturated heterocycles. The van der Waals surface area contributed by atoms with Crippen molar-refractivity contribution in [3.63, 3.8) is 0 Å². The third kappa shape index (κ3) is 7.44. The summed E-state index contributed by atoms with van der Waals surface area (Å²) in [6.07, 6.45) is -0.367. The molecular weight excluding hydrogens is 378 g/mol. The molecule has 1 amide bonds. The number of rotatable bonds is 8. The fraction of sp³-hybridized carbons (Fsp3) is 0.500. The molecule has 0 aliphatic rings. The number of carbonyl (C=O) groups is 2. The Labute approximate surface area is 169 Å². The maximum atomic E-state index is 12.3. The molecular formula is C20H27N3O6. The quantitative estimate of drug-likeness (QED) is 0.667. The van der Waals surface area contributed by atoms with Gasteiger partial charge in [0.25, 0.3) is 0 Å². The fourth-order valence-corrected chi connectivity index (χ4v) is 2.46. The van der Waals surface area contributed by atoms with Crippen molar-refractivity contribution in [1.29, 1.82) is 0 Å². The zero-order chi connectivity index (χ0) is 21.4. The molecule has 9 heteroatoms. The number of nitrogens with one attached hydrogen (secondary N) is 1. The highest BCUT2D eigenvalue weighted by molar-refractivity contribution is 5.71. The van der Waals surface area contributed by atoms with Crippen LogP contribution >= 0.6 is 0 Å². The van der Waals surface area contributed by atoms with Crippen LogP contribution in [0.5, 0.6) is 5.75 Å². The minimum Gasteiger partial charge on any atom is -0.497 e. The summed E-state index contributed by atoms with van der Waals surface area (Å²) in [7, 11) is 1.59. The number of nitrogens with zero attached hydrogens (tertiary/aromatic N) is 2. The highest BCUT2D eigenvalue weighted by Gasteiger charge is 2.25. The average molecular weight is 405 g/mol. The van der Waals surface area contributed by atoms with Crippen molar-refractivity contribution >= 4 is 12.1 Å². The van der Waals surface area contributed by atoms with E-state index in [2.05, 4.69) is 15.5 Å². The fourth-order valence-electron chi connectivity index (χ4n) is 2.46. The second-order valence-corrected chi connectivity index (χ2v) is 7.27. The molecule has 158 valence electrons. The van der Waals surface area contributed by atoms with Crippen molar-refractivity contribution in [2.24, 2.45) is 0 Å². The summed E-state index contributed by atoms with van der Waals surface area (Å²) in [5.74, 6) is 0.546. The summed E-state index contributed by atoms with van der Waals surface area (Å²) >= 11 is 0. The Morgan fingerprint density at radius 1 is 1.17 bits per heavy atom. The van der Waals surface area contributed by atoms with Gasteiger partial charge in [0, 0.05) is 6.42 Å². The number of amides is 1. The Bertz CT molecular complexity index is 810. The number of alkyl carbamates (subject to hydrolysis) is 1. The summed E-state index contributed by atoms with van der Waals surface area (Å²) in [4.78, 5) is 23.9. The lowest BCUT2D eigenvalue weighted by molar-refractivity contribution is -0.142. The van der Waals surface area contributed by atoms with E-state index in [1.54, 1.807) is 34.8 Å². The van der Waals surface area contributed by atoms with Crippen LogP contribution in [-0.2, 0) is 27.1 Å². The minimum absolute atomic E-state index is 0.115. The normalized spacial score (nSPS) is 12.2. The largest absolute Gasteiger partial charge is 0.497 e. The molecule has 0 radical (unpaired) electrons. The van der Waals surface area contributed by atoms with Crippen LogP contribution in [0.2, 0.25) is 0 Å². The monoisotopic (exact) mass is 405 g/mol. The summed E-state index contributed by atoms with van der Waals surface area (Å²) in [6, 6.07) is 6.75. The Kier molecular flexibility index (Phi) is 7.58. The van der Waals surface area contributed by atoms with Crippen LogP contribution in [0.3, 0.4) is 0 Å². The number of benzene rings is 1. The lowest BCUT2D eigenvalue weighted by Gasteiger charge is -2.22. The molecule has 0 saturated carbocycles.